The maximum Gasteiger partial charge on any atom is 0.411 e. The minimum absolute atomic E-state index is 0.0473. The average Bonchev–Trinajstić information content (AvgIpc) is 3.04. The molecular formula is C39H49N3O4Si. The molecule has 2 amide bonds. The third kappa shape index (κ3) is 9.31. The van der Waals surface area contributed by atoms with E-state index in [9.17, 15) is 9.59 Å². The SMILES string of the molecule is CN1CCC(OC(=O)Nc2ccc(CCC(=O)Nc3ccc4cc(CO[Si](C)(C)C(C)(C)C)ccc4c3)cc2-c2ccccc2)CC1. The first-order valence-electron chi connectivity index (χ1n) is 16.7. The zero-order chi connectivity index (χ0) is 33.6. The van der Waals surface area contributed by atoms with E-state index in [2.05, 4.69) is 86.8 Å². The fourth-order valence-electron chi connectivity index (χ4n) is 5.53. The van der Waals surface area contributed by atoms with E-state index in [1.807, 2.05) is 54.6 Å². The summed E-state index contributed by atoms with van der Waals surface area (Å²) in [5.41, 5.74) is 5.52. The number of carbonyl (C=O) groups is 2. The van der Waals surface area contributed by atoms with Crippen LogP contribution >= 0.6 is 0 Å². The summed E-state index contributed by atoms with van der Waals surface area (Å²) >= 11 is 0. The fourth-order valence-corrected chi connectivity index (χ4v) is 6.49. The van der Waals surface area contributed by atoms with Crippen molar-refractivity contribution in [3.63, 3.8) is 0 Å². The van der Waals surface area contributed by atoms with E-state index >= 15 is 0 Å². The predicted octanol–water partition coefficient (Wildman–Crippen LogP) is 9.24. The molecule has 0 radical (unpaired) electrons. The molecule has 0 spiro atoms. The number of likely N-dealkylation sites (tertiary alicyclic amines) is 1. The summed E-state index contributed by atoms with van der Waals surface area (Å²) in [5.74, 6) is -0.0473. The molecule has 1 fully saturated rings. The highest BCUT2D eigenvalue weighted by atomic mass is 28.4. The van der Waals surface area contributed by atoms with Crippen molar-refractivity contribution < 1.29 is 18.8 Å². The van der Waals surface area contributed by atoms with Crippen molar-refractivity contribution in [2.24, 2.45) is 0 Å². The van der Waals surface area contributed by atoms with Crippen LogP contribution in [0, 0.1) is 0 Å². The van der Waals surface area contributed by atoms with Crippen molar-refractivity contribution in [1.29, 1.82) is 0 Å². The summed E-state index contributed by atoms with van der Waals surface area (Å²) in [5, 5.41) is 8.41. The number of rotatable bonds is 10. The Morgan fingerprint density at radius 1 is 0.851 bits per heavy atom. The lowest BCUT2D eigenvalue weighted by atomic mass is 9.98. The number of aryl methyl sites for hydroxylation is 1. The first-order chi connectivity index (χ1) is 22.4. The fraction of sp³-hybridized carbons (Fsp3) is 0.385. The Hall–Kier alpha value is -3.98. The van der Waals surface area contributed by atoms with Gasteiger partial charge in [0, 0.05) is 30.8 Å². The highest BCUT2D eigenvalue weighted by Crippen LogP contribution is 2.37. The van der Waals surface area contributed by atoms with E-state index in [1.54, 1.807) is 0 Å². The molecule has 248 valence electrons. The maximum absolute atomic E-state index is 13.0. The van der Waals surface area contributed by atoms with Crippen LogP contribution < -0.4 is 10.6 Å². The quantitative estimate of drug-likeness (QED) is 0.167. The van der Waals surface area contributed by atoms with Gasteiger partial charge in [-0.1, -0.05) is 75.4 Å². The van der Waals surface area contributed by atoms with Crippen molar-refractivity contribution in [3.05, 3.63) is 96.1 Å². The third-order valence-electron chi connectivity index (χ3n) is 9.58. The lowest BCUT2D eigenvalue weighted by Crippen LogP contribution is -2.40. The molecule has 7 nitrogen and oxygen atoms in total. The van der Waals surface area contributed by atoms with E-state index in [0.29, 0.717) is 25.1 Å². The molecule has 47 heavy (non-hydrogen) atoms. The van der Waals surface area contributed by atoms with Gasteiger partial charge in [0.1, 0.15) is 6.10 Å². The van der Waals surface area contributed by atoms with Gasteiger partial charge in [-0.2, -0.15) is 0 Å². The molecule has 0 unspecified atom stereocenters. The first kappa shape index (κ1) is 34.4. The number of anilines is 2. The second kappa shape index (κ2) is 14.8. The number of amides is 2. The Balaban J connectivity index is 1.20. The largest absolute Gasteiger partial charge is 0.446 e. The third-order valence-corrected chi connectivity index (χ3v) is 14.1. The number of nitrogens with one attached hydrogen (secondary N) is 2. The molecule has 1 aliphatic rings. The van der Waals surface area contributed by atoms with E-state index in [-0.39, 0.29) is 17.0 Å². The summed E-state index contributed by atoms with van der Waals surface area (Å²) in [6.07, 6.45) is 2.07. The van der Waals surface area contributed by atoms with Gasteiger partial charge in [-0.05, 0) is 102 Å². The van der Waals surface area contributed by atoms with E-state index < -0.39 is 14.4 Å². The van der Waals surface area contributed by atoms with Crippen LogP contribution in [-0.4, -0.2) is 51.5 Å². The van der Waals surface area contributed by atoms with Crippen LogP contribution in [0.4, 0.5) is 16.2 Å². The van der Waals surface area contributed by atoms with Crippen molar-refractivity contribution in [1.82, 2.24) is 4.90 Å². The number of hydrogen-bond donors (Lipinski definition) is 2. The summed E-state index contributed by atoms with van der Waals surface area (Å²) in [4.78, 5) is 28.1. The Bertz CT molecular complexity index is 1690. The number of benzene rings is 4. The van der Waals surface area contributed by atoms with Gasteiger partial charge in [0.2, 0.25) is 5.91 Å². The highest BCUT2D eigenvalue weighted by Gasteiger charge is 2.37. The van der Waals surface area contributed by atoms with E-state index in [0.717, 1.165) is 64.6 Å². The van der Waals surface area contributed by atoms with Crippen LogP contribution in [0.1, 0.15) is 51.2 Å². The average molecular weight is 652 g/mol. The second-order valence-electron chi connectivity index (χ2n) is 14.3. The molecule has 0 aliphatic carbocycles. The van der Waals surface area contributed by atoms with Gasteiger partial charge < -0.3 is 19.4 Å². The summed E-state index contributed by atoms with van der Waals surface area (Å²) in [7, 11) is 0.257. The molecule has 5 rings (SSSR count). The van der Waals surface area contributed by atoms with Gasteiger partial charge >= 0.3 is 6.09 Å². The van der Waals surface area contributed by atoms with E-state index in [1.165, 1.54) is 0 Å². The number of carbonyl (C=O) groups excluding carboxylic acids is 2. The van der Waals surface area contributed by atoms with Crippen molar-refractivity contribution in [2.75, 3.05) is 30.8 Å². The zero-order valence-electron chi connectivity index (χ0n) is 28.7. The molecule has 0 bridgehead atoms. The Morgan fingerprint density at radius 2 is 1.53 bits per heavy atom. The predicted molar refractivity (Wildman–Crippen MR) is 195 cm³/mol. The molecule has 1 aliphatic heterocycles. The smallest absolute Gasteiger partial charge is 0.411 e. The van der Waals surface area contributed by atoms with Crippen LogP contribution in [0.2, 0.25) is 18.1 Å². The second-order valence-corrected chi connectivity index (χ2v) is 19.1. The molecule has 0 aromatic heterocycles. The van der Waals surface area contributed by atoms with Gasteiger partial charge in [0.05, 0.1) is 12.3 Å². The molecule has 0 saturated carbocycles. The van der Waals surface area contributed by atoms with Crippen molar-refractivity contribution in [3.8, 4) is 11.1 Å². The van der Waals surface area contributed by atoms with Crippen LogP contribution in [0.5, 0.6) is 0 Å². The lowest BCUT2D eigenvalue weighted by Gasteiger charge is -2.36. The number of fused-ring (bicyclic) bond motifs is 1. The van der Waals surface area contributed by atoms with Crippen molar-refractivity contribution in [2.45, 2.75) is 77.3 Å². The zero-order valence-corrected chi connectivity index (χ0v) is 29.7. The topological polar surface area (TPSA) is 79.9 Å². The maximum atomic E-state index is 13.0. The molecule has 1 heterocycles. The van der Waals surface area contributed by atoms with Crippen LogP contribution in [0.3, 0.4) is 0 Å². The standard InChI is InChI=1S/C39H49N3O4Si/c1-39(2,3)47(5,6)45-27-29-12-15-32-26-33(17-16-31(32)24-29)40-37(43)19-14-28-13-18-36(35(25-28)30-10-8-7-9-11-30)41-38(44)46-34-20-22-42(4)23-21-34/h7-13,15-18,24-26,34H,14,19-23,27H2,1-6H3,(H,40,43)(H,41,44). The number of ether oxygens (including phenoxy) is 1. The Morgan fingerprint density at radius 3 is 2.26 bits per heavy atom. The van der Waals surface area contributed by atoms with Crippen molar-refractivity contribution >= 4 is 42.5 Å². The minimum atomic E-state index is -1.83. The molecule has 2 N–H and O–H groups in total. The Kier molecular flexibility index (Phi) is 10.8. The summed E-state index contributed by atoms with van der Waals surface area (Å²) < 4.78 is 12.1. The highest BCUT2D eigenvalue weighted by molar-refractivity contribution is 6.74. The van der Waals surface area contributed by atoms with E-state index in [4.69, 9.17) is 9.16 Å². The van der Waals surface area contributed by atoms with Gasteiger partial charge in [0.15, 0.2) is 8.32 Å². The molecular weight excluding hydrogens is 603 g/mol. The molecule has 8 heteroatoms. The molecule has 0 atom stereocenters. The normalized spacial score (nSPS) is 14.6. The summed E-state index contributed by atoms with van der Waals surface area (Å²) in [6.45, 7) is 13.8. The Labute approximate surface area is 280 Å². The van der Waals surface area contributed by atoms with Gasteiger partial charge in [-0.25, -0.2) is 4.79 Å². The van der Waals surface area contributed by atoms with Crippen LogP contribution in [-0.2, 0) is 27.0 Å². The number of piperidine rings is 1. The van der Waals surface area contributed by atoms with Gasteiger partial charge in [-0.3, -0.25) is 10.1 Å². The molecule has 1 saturated heterocycles. The van der Waals surface area contributed by atoms with Crippen LogP contribution in [0.15, 0.2) is 84.9 Å². The minimum Gasteiger partial charge on any atom is -0.446 e. The van der Waals surface area contributed by atoms with Gasteiger partial charge in [0.25, 0.3) is 0 Å². The lowest BCUT2D eigenvalue weighted by molar-refractivity contribution is -0.116. The van der Waals surface area contributed by atoms with Crippen LogP contribution in [0.25, 0.3) is 21.9 Å². The monoisotopic (exact) mass is 651 g/mol. The number of nitrogens with zero attached hydrogens (tertiary/aromatic N) is 1. The summed E-state index contributed by atoms with van der Waals surface area (Å²) in [6, 6.07) is 28.3. The molecule has 4 aromatic rings. The van der Waals surface area contributed by atoms with Gasteiger partial charge in [-0.15, -0.1) is 0 Å². The number of hydrogen-bond acceptors (Lipinski definition) is 5. The first-order valence-corrected chi connectivity index (χ1v) is 19.6. The molecule has 4 aromatic carbocycles.